The summed E-state index contributed by atoms with van der Waals surface area (Å²) in [5.74, 6) is 6.36. The minimum atomic E-state index is 0.0382. The summed E-state index contributed by atoms with van der Waals surface area (Å²) in [6, 6.07) is 11.3. The van der Waals surface area contributed by atoms with Gasteiger partial charge in [0.15, 0.2) is 0 Å². The zero-order valence-corrected chi connectivity index (χ0v) is 12.9. The fourth-order valence-corrected chi connectivity index (χ4v) is 3.17. The quantitative estimate of drug-likeness (QED) is 0.713. The second-order valence-corrected chi connectivity index (χ2v) is 6.27. The molecule has 22 heavy (non-hydrogen) atoms. The number of aryl methyl sites for hydroxylation is 1. The first kappa shape index (κ1) is 14.6. The fourth-order valence-electron chi connectivity index (χ4n) is 2.28. The van der Waals surface area contributed by atoms with Crippen molar-refractivity contribution in [2.24, 2.45) is 0 Å². The lowest BCUT2D eigenvalue weighted by atomic mass is 10.1. The van der Waals surface area contributed by atoms with Gasteiger partial charge in [0, 0.05) is 12.0 Å². The Bertz CT molecular complexity index is 887. The predicted octanol–water partition coefficient (Wildman–Crippen LogP) is 3.40. The lowest BCUT2D eigenvalue weighted by Crippen LogP contribution is -1.87. The van der Waals surface area contributed by atoms with Gasteiger partial charge in [-0.15, -0.1) is 11.3 Å². The molecular formula is C18H15NO2S. The van der Waals surface area contributed by atoms with E-state index in [4.69, 9.17) is 5.11 Å². The highest BCUT2D eigenvalue weighted by molar-refractivity contribution is 7.18. The number of aromatic hydroxyl groups is 1. The monoisotopic (exact) mass is 309 g/mol. The van der Waals surface area contributed by atoms with Gasteiger partial charge in [-0.2, -0.15) is 0 Å². The zero-order valence-electron chi connectivity index (χ0n) is 12.1. The average molecular weight is 309 g/mol. The Hall–Kier alpha value is -2.35. The smallest absolute Gasteiger partial charge is 0.143 e. The Balaban J connectivity index is 1.84. The van der Waals surface area contributed by atoms with E-state index >= 15 is 0 Å². The van der Waals surface area contributed by atoms with Crippen LogP contribution in [0.15, 0.2) is 36.4 Å². The van der Waals surface area contributed by atoms with Gasteiger partial charge >= 0.3 is 0 Å². The van der Waals surface area contributed by atoms with Crippen molar-refractivity contribution in [1.82, 2.24) is 4.98 Å². The van der Waals surface area contributed by atoms with Crippen molar-refractivity contribution < 1.29 is 10.2 Å². The molecule has 0 saturated carbocycles. The number of thiazole rings is 1. The van der Waals surface area contributed by atoms with Crippen LogP contribution in [0.3, 0.4) is 0 Å². The highest BCUT2D eigenvalue weighted by Crippen LogP contribution is 2.30. The number of phenols is 1. The average Bonchev–Trinajstić information content (AvgIpc) is 2.88. The molecule has 0 bridgehead atoms. The van der Waals surface area contributed by atoms with E-state index in [0.29, 0.717) is 11.9 Å². The summed E-state index contributed by atoms with van der Waals surface area (Å²) in [5.41, 5.74) is 3.38. The molecule has 0 amide bonds. The minimum Gasteiger partial charge on any atom is -0.506 e. The Labute approximate surface area is 132 Å². The van der Waals surface area contributed by atoms with Crippen LogP contribution >= 0.6 is 11.3 Å². The summed E-state index contributed by atoms with van der Waals surface area (Å²) in [6.45, 7) is 1.96. The lowest BCUT2D eigenvalue weighted by molar-refractivity contribution is 0.282. The van der Waals surface area contributed by atoms with Crippen LogP contribution in [0.25, 0.3) is 10.2 Å². The molecule has 1 aromatic heterocycles. The number of aliphatic hydroxyl groups is 1. The van der Waals surface area contributed by atoms with Gasteiger partial charge in [0.25, 0.3) is 0 Å². The van der Waals surface area contributed by atoms with Crippen molar-refractivity contribution in [3.05, 3.63) is 58.1 Å². The SMILES string of the molecule is Cc1nc2c(O)cc(C#CCc3cccc(CO)c3)cc2s1. The molecule has 3 rings (SSSR count). The van der Waals surface area contributed by atoms with Crippen molar-refractivity contribution in [2.45, 2.75) is 20.0 Å². The van der Waals surface area contributed by atoms with Crippen LogP contribution in [0.2, 0.25) is 0 Å². The Morgan fingerprint density at radius 2 is 2.00 bits per heavy atom. The molecule has 0 aliphatic rings. The van der Waals surface area contributed by atoms with Crippen molar-refractivity contribution in [2.75, 3.05) is 0 Å². The van der Waals surface area contributed by atoms with Crippen molar-refractivity contribution >= 4 is 21.6 Å². The van der Waals surface area contributed by atoms with Crippen LogP contribution in [0.1, 0.15) is 21.7 Å². The van der Waals surface area contributed by atoms with Crippen LogP contribution in [0, 0.1) is 18.8 Å². The van der Waals surface area contributed by atoms with Gasteiger partial charge < -0.3 is 10.2 Å². The van der Waals surface area contributed by atoms with E-state index in [0.717, 1.165) is 26.4 Å². The highest BCUT2D eigenvalue weighted by atomic mass is 32.1. The first-order chi connectivity index (χ1) is 10.7. The topological polar surface area (TPSA) is 53.4 Å². The molecule has 2 aromatic carbocycles. The Morgan fingerprint density at radius 3 is 2.82 bits per heavy atom. The number of nitrogens with zero attached hydrogens (tertiary/aromatic N) is 1. The van der Waals surface area contributed by atoms with E-state index in [9.17, 15) is 5.11 Å². The van der Waals surface area contributed by atoms with Crippen LogP contribution in [-0.2, 0) is 13.0 Å². The van der Waals surface area contributed by atoms with Crippen molar-refractivity contribution in [3.63, 3.8) is 0 Å². The highest BCUT2D eigenvalue weighted by Gasteiger charge is 2.06. The second-order valence-electron chi connectivity index (χ2n) is 5.03. The number of hydrogen-bond donors (Lipinski definition) is 2. The molecule has 0 spiro atoms. The van der Waals surface area contributed by atoms with Gasteiger partial charge in [0.2, 0.25) is 0 Å². The molecular weight excluding hydrogens is 294 g/mol. The summed E-state index contributed by atoms with van der Waals surface area (Å²) in [5, 5.41) is 20.1. The molecule has 0 fully saturated rings. The number of hydrogen-bond acceptors (Lipinski definition) is 4. The van der Waals surface area contributed by atoms with Gasteiger partial charge in [-0.1, -0.05) is 36.1 Å². The van der Waals surface area contributed by atoms with E-state index in [2.05, 4.69) is 16.8 Å². The molecule has 3 nitrogen and oxygen atoms in total. The summed E-state index contributed by atoms with van der Waals surface area (Å²) in [6.07, 6.45) is 0.606. The Morgan fingerprint density at radius 1 is 1.18 bits per heavy atom. The second kappa shape index (κ2) is 6.18. The zero-order chi connectivity index (χ0) is 15.5. The number of aromatic nitrogens is 1. The molecule has 0 radical (unpaired) electrons. The van der Waals surface area contributed by atoms with E-state index in [1.54, 1.807) is 17.4 Å². The minimum absolute atomic E-state index is 0.0382. The van der Waals surface area contributed by atoms with Gasteiger partial charge in [-0.3, -0.25) is 0 Å². The standard InChI is InChI=1S/C18H15NO2S/c1-12-19-18-16(21)9-14(10-17(18)22-12)6-2-4-13-5-3-7-15(8-13)11-20/h3,5,7-10,20-21H,4,11H2,1H3. The third-order valence-electron chi connectivity index (χ3n) is 3.28. The van der Waals surface area contributed by atoms with Crippen molar-refractivity contribution in [3.8, 4) is 17.6 Å². The molecule has 110 valence electrons. The number of fused-ring (bicyclic) bond motifs is 1. The van der Waals surface area contributed by atoms with E-state index in [-0.39, 0.29) is 12.4 Å². The molecule has 1 heterocycles. The van der Waals surface area contributed by atoms with Crippen LogP contribution in [-0.4, -0.2) is 15.2 Å². The molecule has 0 saturated heterocycles. The normalized spacial score (nSPS) is 10.5. The third kappa shape index (κ3) is 3.11. The molecule has 2 N–H and O–H groups in total. The van der Waals surface area contributed by atoms with Crippen LogP contribution in [0.4, 0.5) is 0 Å². The first-order valence-electron chi connectivity index (χ1n) is 6.93. The summed E-state index contributed by atoms with van der Waals surface area (Å²) < 4.78 is 0.948. The molecule has 0 unspecified atom stereocenters. The lowest BCUT2D eigenvalue weighted by Gasteiger charge is -1.99. The van der Waals surface area contributed by atoms with E-state index in [1.165, 1.54) is 0 Å². The van der Waals surface area contributed by atoms with Gasteiger partial charge in [0.1, 0.15) is 11.3 Å². The maximum absolute atomic E-state index is 10.00. The number of aliphatic hydroxyl groups excluding tert-OH is 1. The molecule has 0 aliphatic heterocycles. The maximum atomic E-state index is 10.00. The predicted molar refractivity (Wildman–Crippen MR) is 89.0 cm³/mol. The number of phenolic OH excluding ortho intramolecular Hbond substituents is 1. The number of benzene rings is 2. The van der Waals surface area contributed by atoms with Gasteiger partial charge in [-0.25, -0.2) is 4.98 Å². The van der Waals surface area contributed by atoms with Crippen molar-refractivity contribution in [1.29, 1.82) is 0 Å². The summed E-state index contributed by atoms with van der Waals surface area (Å²) >= 11 is 1.55. The maximum Gasteiger partial charge on any atom is 0.143 e. The first-order valence-corrected chi connectivity index (χ1v) is 7.75. The van der Waals surface area contributed by atoms with Gasteiger partial charge in [-0.05, 0) is 30.2 Å². The van der Waals surface area contributed by atoms with E-state index < -0.39 is 0 Å². The molecule has 0 aliphatic carbocycles. The third-order valence-corrected chi connectivity index (χ3v) is 4.20. The number of rotatable bonds is 2. The van der Waals surface area contributed by atoms with Crippen LogP contribution in [0.5, 0.6) is 5.75 Å². The van der Waals surface area contributed by atoms with Crippen LogP contribution < -0.4 is 0 Å². The summed E-state index contributed by atoms with van der Waals surface area (Å²) in [7, 11) is 0. The molecule has 0 atom stereocenters. The molecule has 3 aromatic rings. The molecule has 4 heteroatoms. The Kier molecular flexibility index (Phi) is 4.10. The van der Waals surface area contributed by atoms with Gasteiger partial charge in [0.05, 0.1) is 16.3 Å². The largest absolute Gasteiger partial charge is 0.506 e. The fraction of sp³-hybridized carbons (Fsp3) is 0.167. The summed E-state index contributed by atoms with van der Waals surface area (Å²) in [4.78, 5) is 4.30. The van der Waals surface area contributed by atoms with E-state index in [1.807, 2.05) is 37.3 Å².